The lowest BCUT2D eigenvalue weighted by molar-refractivity contribution is 0.766. The van der Waals surface area contributed by atoms with Crippen molar-refractivity contribution in [3.63, 3.8) is 0 Å². The molecule has 0 fully saturated rings. The standard InChI is InChI=1S/C12H21N3/c1-11(5-4-8-13-2)6-7-12-9-14-15(3)10-12/h5,9-10,13H,4,6-8H2,1-3H3/b11-5-. The number of nitrogens with zero attached hydrogens (tertiary/aromatic N) is 2. The molecule has 0 bridgehead atoms. The van der Waals surface area contributed by atoms with Gasteiger partial charge in [-0.2, -0.15) is 5.10 Å². The van der Waals surface area contributed by atoms with E-state index in [1.807, 2.05) is 25.0 Å². The van der Waals surface area contributed by atoms with Crippen molar-refractivity contribution in [2.45, 2.75) is 26.2 Å². The van der Waals surface area contributed by atoms with E-state index in [-0.39, 0.29) is 0 Å². The van der Waals surface area contributed by atoms with Crippen LogP contribution >= 0.6 is 0 Å². The van der Waals surface area contributed by atoms with Crippen LogP contribution in [-0.4, -0.2) is 23.4 Å². The maximum absolute atomic E-state index is 4.16. The Hall–Kier alpha value is -1.09. The van der Waals surface area contributed by atoms with Crippen LogP contribution in [0.3, 0.4) is 0 Å². The third kappa shape index (κ3) is 4.79. The van der Waals surface area contributed by atoms with Gasteiger partial charge in [0.1, 0.15) is 0 Å². The summed E-state index contributed by atoms with van der Waals surface area (Å²) in [6.07, 6.45) is 9.69. The summed E-state index contributed by atoms with van der Waals surface area (Å²) < 4.78 is 1.86. The van der Waals surface area contributed by atoms with Crippen molar-refractivity contribution in [1.82, 2.24) is 15.1 Å². The zero-order valence-corrected chi connectivity index (χ0v) is 9.95. The summed E-state index contributed by atoms with van der Waals surface area (Å²) >= 11 is 0. The molecule has 0 aliphatic heterocycles. The van der Waals surface area contributed by atoms with Crippen molar-refractivity contribution < 1.29 is 0 Å². The van der Waals surface area contributed by atoms with Crippen molar-refractivity contribution >= 4 is 0 Å². The summed E-state index contributed by atoms with van der Waals surface area (Å²) in [6.45, 7) is 3.26. The van der Waals surface area contributed by atoms with Crippen LogP contribution < -0.4 is 5.32 Å². The molecule has 0 amide bonds. The van der Waals surface area contributed by atoms with Crippen LogP contribution in [0.1, 0.15) is 25.3 Å². The maximum Gasteiger partial charge on any atom is 0.0521 e. The van der Waals surface area contributed by atoms with Gasteiger partial charge in [0.25, 0.3) is 0 Å². The molecule has 1 rings (SSSR count). The first-order valence-corrected chi connectivity index (χ1v) is 5.50. The molecule has 0 spiro atoms. The predicted octanol–water partition coefficient (Wildman–Crippen LogP) is 1.91. The van der Waals surface area contributed by atoms with Crippen molar-refractivity contribution in [1.29, 1.82) is 0 Å². The number of nitrogens with one attached hydrogen (secondary N) is 1. The molecule has 0 aliphatic carbocycles. The molecule has 1 aromatic heterocycles. The van der Waals surface area contributed by atoms with Gasteiger partial charge in [0, 0.05) is 13.2 Å². The number of allylic oxidation sites excluding steroid dienone is 1. The number of hydrogen-bond donors (Lipinski definition) is 1. The van der Waals surface area contributed by atoms with E-state index in [0.29, 0.717) is 0 Å². The molecule has 0 saturated carbocycles. The summed E-state index contributed by atoms with van der Waals surface area (Å²) in [5.41, 5.74) is 2.79. The first-order valence-electron chi connectivity index (χ1n) is 5.50. The Kier molecular flexibility index (Phi) is 5.12. The van der Waals surface area contributed by atoms with Crippen LogP contribution in [0.2, 0.25) is 0 Å². The van der Waals surface area contributed by atoms with Gasteiger partial charge in [-0.25, -0.2) is 0 Å². The highest BCUT2D eigenvalue weighted by Gasteiger charge is 1.96. The van der Waals surface area contributed by atoms with Gasteiger partial charge >= 0.3 is 0 Å². The molecule has 1 N–H and O–H groups in total. The van der Waals surface area contributed by atoms with Gasteiger partial charge in [-0.1, -0.05) is 11.6 Å². The van der Waals surface area contributed by atoms with Gasteiger partial charge < -0.3 is 5.32 Å². The lowest BCUT2D eigenvalue weighted by Gasteiger charge is -2.00. The summed E-state index contributed by atoms with van der Waals surface area (Å²) in [4.78, 5) is 0. The van der Waals surface area contributed by atoms with Crippen molar-refractivity contribution in [3.05, 3.63) is 29.6 Å². The largest absolute Gasteiger partial charge is 0.319 e. The molecule has 15 heavy (non-hydrogen) atoms. The molecular formula is C12H21N3. The predicted molar refractivity (Wildman–Crippen MR) is 63.8 cm³/mol. The Morgan fingerprint density at radius 2 is 2.40 bits per heavy atom. The number of hydrogen-bond acceptors (Lipinski definition) is 2. The number of rotatable bonds is 6. The fraction of sp³-hybridized carbons (Fsp3) is 0.583. The van der Waals surface area contributed by atoms with Crippen LogP contribution in [0.4, 0.5) is 0 Å². The Balaban J connectivity index is 2.27. The fourth-order valence-electron chi connectivity index (χ4n) is 1.51. The molecule has 84 valence electrons. The first-order chi connectivity index (χ1) is 7.22. The average Bonchev–Trinajstić information content (AvgIpc) is 2.62. The summed E-state index contributed by atoms with van der Waals surface area (Å²) in [5.74, 6) is 0. The van der Waals surface area contributed by atoms with Gasteiger partial charge in [-0.05, 0) is 45.3 Å². The molecule has 3 nitrogen and oxygen atoms in total. The van der Waals surface area contributed by atoms with Crippen LogP contribution in [0.25, 0.3) is 0 Å². The smallest absolute Gasteiger partial charge is 0.0521 e. The molecule has 0 radical (unpaired) electrons. The zero-order chi connectivity index (χ0) is 11.1. The van der Waals surface area contributed by atoms with E-state index in [0.717, 1.165) is 25.8 Å². The van der Waals surface area contributed by atoms with Crippen LogP contribution in [-0.2, 0) is 13.5 Å². The quantitative estimate of drug-likeness (QED) is 0.570. The van der Waals surface area contributed by atoms with Gasteiger partial charge in [0.2, 0.25) is 0 Å². The molecule has 3 heteroatoms. The van der Waals surface area contributed by atoms with Gasteiger partial charge in [0.05, 0.1) is 6.20 Å². The highest BCUT2D eigenvalue weighted by molar-refractivity contribution is 5.08. The fourth-order valence-corrected chi connectivity index (χ4v) is 1.51. The Morgan fingerprint density at radius 1 is 1.60 bits per heavy atom. The topological polar surface area (TPSA) is 29.9 Å². The monoisotopic (exact) mass is 207 g/mol. The molecule has 0 atom stereocenters. The lowest BCUT2D eigenvalue weighted by Crippen LogP contribution is -2.06. The third-order valence-corrected chi connectivity index (χ3v) is 2.45. The molecular weight excluding hydrogens is 186 g/mol. The second-order valence-corrected chi connectivity index (χ2v) is 3.96. The molecule has 0 saturated heterocycles. The van der Waals surface area contributed by atoms with E-state index in [1.165, 1.54) is 11.1 Å². The van der Waals surface area contributed by atoms with Gasteiger partial charge in [-0.3, -0.25) is 4.68 Å². The van der Waals surface area contributed by atoms with Gasteiger partial charge in [-0.15, -0.1) is 0 Å². The molecule has 0 aliphatic rings. The Bertz CT molecular complexity index is 312. The summed E-state index contributed by atoms with van der Waals surface area (Å²) in [5, 5.41) is 7.30. The minimum Gasteiger partial charge on any atom is -0.319 e. The van der Waals surface area contributed by atoms with E-state index in [1.54, 1.807) is 0 Å². The number of aryl methyl sites for hydroxylation is 2. The highest BCUT2D eigenvalue weighted by Crippen LogP contribution is 2.08. The first kappa shape index (κ1) is 12.0. The summed E-state index contributed by atoms with van der Waals surface area (Å²) in [6, 6.07) is 0. The third-order valence-electron chi connectivity index (χ3n) is 2.45. The van der Waals surface area contributed by atoms with Crippen molar-refractivity contribution in [3.8, 4) is 0 Å². The molecule has 1 aromatic rings. The normalized spacial score (nSPS) is 12.1. The van der Waals surface area contributed by atoms with E-state index in [9.17, 15) is 0 Å². The zero-order valence-electron chi connectivity index (χ0n) is 9.95. The second-order valence-electron chi connectivity index (χ2n) is 3.96. The van der Waals surface area contributed by atoms with E-state index < -0.39 is 0 Å². The lowest BCUT2D eigenvalue weighted by atomic mass is 10.1. The Morgan fingerprint density at radius 3 is 3.00 bits per heavy atom. The van der Waals surface area contributed by atoms with Crippen LogP contribution in [0.5, 0.6) is 0 Å². The van der Waals surface area contributed by atoms with E-state index in [4.69, 9.17) is 0 Å². The Labute approximate surface area is 92.2 Å². The average molecular weight is 207 g/mol. The van der Waals surface area contributed by atoms with Gasteiger partial charge in [0.15, 0.2) is 0 Å². The summed E-state index contributed by atoms with van der Waals surface area (Å²) in [7, 11) is 3.94. The second kappa shape index (κ2) is 6.40. The molecule has 1 heterocycles. The van der Waals surface area contributed by atoms with Crippen molar-refractivity contribution in [2.75, 3.05) is 13.6 Å². The number of aromatic nitrogens is 2. The van der Waals surface area contributed by atoms with E-state index >= 15 is 0 Å². The minimum atomic E-state index is 1.06. The van der Waals surface area contributed by atoms with E-state index in [2.05, 4.69) is 29.6 Å². The van der Waals surface area contributed by atoms with Crippen LogP contribution in [0.15, 0.2) is 24.0 Å². The van der Waals surface area contributed by atoms with Crippen molar-refractivity contribution in [2.24, 2.45) is 7.05 Å². The van der Waals surface area contributed by atoms with Crippen LogP contribution in [0, 0.1) is 0 Å². The molecule has 0 aromatic carbocycles. The maximum atomic E-state index is 4.16. The molecule has 0 unspecified atom stereocenters. The SMILES string of the molecule is CNCC/C=C(/C)CCc1cnn(C)c1. The highest BCUT2D eigenvalue weighted by atomic mass is 15.2. The minimum absolute atomic E-state index is 1.06.